The summed E-state index contributed by atoms with van der Waals surface area (Å²) in [6.45, 7) is 1.66. The summed E-state index contributed by atoms with van der Waals surface area (Å²) < 4.78 is 5.46. The van der Waals surface area contributed by atoms with E-state index in [1.165, 1.54) is 0 Å². The van der Waals surface area contributed by atoms with Crippen LogP contribution in [0.25, 0.3) is 0 Å². The maximum atomic E-state index is 12.0. The third-order valence-corrected chi connectivity index (χ3v) is 3.65. The zero-order chi connectivity index (χ0) is 13.7. The van der Waals surface area contributed by atoms with Crippen molar-refractivity contribution in [3.8, 4) is 5.75 Å². The molecule has 0 radical (unpaired) electrons. The Morgan fingerprint density at radius 1 is 1.47 bits per heavy atom. The average Bonchev–Trinajstić information content (AvgIpc) is 2.45. The molecule has 1 saturated heterocycles. The molecule has 0 aliphatic carbocycles. The predicted octanol–water partition coefficient (Wildman–Crippen LogP) is 1.93. The Hall–Kier alpha value is -1.26. The van der Waals surface area contributed by atoms with Crippen LogP contribution < -0.4 is 10.1 Å². The lowest BCUT2D eigenvalue weighted by atomic mass is 10.1. The number of hydrogen-bond acceptors (Lipinski definition) is 3. The summed E-state index contributed by atoms with van der Waals surface area (Å²) >= 11 is 5.86. The molecule has 19 heavy (non-hydrogen) atoms. The van der Waals surface area contributed by atoms with Crippen molar-refractivity contribution >= 4 is 17.5 Å². The van der Waals surface area contributed by atoms with E-state index in [9.17, 15) is 4.79 Å². The summed E-state index contributed by atoms with van der Waals surface area (Å²) in [4.78, 5) is 13.9. The van der Waals surface area contributed by atoms with Gasteiger partial charge in [-0.25, -0.2) is 0 Å². The molecule has 1 amide bonds. The van der Waals surface area contributed by atoms with Crippen LogP contribution in [-0.4, -0.2) is 43.6 Å². The molecule has 0 unspecified atom stereocenters. The van der Waals surface area contributed by atoms with Gasteiger partial charge in [-0.2, -0.15) is 0 Å². The van der Waals surface area contributed by atoms with Crippen molar-refractivity contribution in [1.29, 1.82) is 0 Å². The first kappa shape index (κ1) is 14.2. The van der Waals surface area contributed by atoms with E-state index in [1.54, 1.807) is 24.3 Å². The van der Waals surface area contributed by atoms with Crippen LogP contribution >= 0.6 is 11.6 Å². The van der Waals surface area contributed by atoms with Crippen LogP contribution in [0.2, 0.25) is 5.02 Å². The summed E-state index contributed by atoms with van der Waals surface area (Å²) in [5.41, 5.74) is 0. The molecular formula is C14H19ClN2O2. The highest BCUT2D eigenvalue weighted by Gasteiger charge is 2.21. The fraction of sp³-hybridized carbons (Fsp3) is 0.500. The first-order valence-corrected chi connectivity index (χ1v) is 6.90. The summed E-state index contributed by atoms with van der Waals surface area (Å²) in [6.07, 6.45) is 2.00. The van der Waals surface area contributed by atoms with E-state index in [0.717, 1.165) is 25.9 Å². The minimum absolute atomic E-state index is 0.0366. The molecule has 2 rings (SSSR count). The second-order valence-electron chi connectivity index (χ2n) is 4.69. The molecule has 1 aliphatic rings. The van der Waals surface area contributed by atoms with Crippen molar-refractivity contribution in [2.24, 2.45) is 0 Å². The zero-order valence-electron chi connectivity index (χ0n) is 11.1. The van der Waals surface area contributed by atoms with E-state index in [0.29, 0.717) is 16.8 Å². The van der Waals surface area contributed by atoms with Gasteiger partial charge in [0, 0.05) is 24.2 Å². The molecule has 5 heteroatoms. The molecule has 0 aromatic heterocycles. The number of hydrogen-bond donors (Lipinski definition) is 1. The summed E-state index contributed by atoms with van der Waals surface area (Å²) in [5, 5.41) is 3.85. The molecule has 1 aromatic carbocycles. The number of halogens is 1. The van der Waals surface area contributed by atoms with Gasteiger partial charge in [0.15, 0.2) is 6.61 Å². The molecule has 1 fully saturated rings. The Bertz CT molecular complexity index is 431. The maximum Gasteiger partial charge on any atom is 0.260 e. The van der Waals surface area contributed by atoms with E-state index >= 15 is 0 Å². The molecule has 1 aliphatic heterocycles. The van der Waals surface area contributed by atoms with Crippen LogP contribution in [0.3, 0.4) is 0 Å². The molecule has 1 N–H and O–H groups in total. The predicted molar refractivity (Wildman–Crippen MR) is 75.6 cm³/mol. The average molecular weight is 283 g/mol. The van der Waals surface area contributed by atoms with Gasteiger partial charge in [-0.05, 0) is 38.1 Å². The Kier molecular flexibility index (Phi) is 5.05. The summed E-state index contributed by atoms with van der Waals surface area (Å²) in [7, 11) is 1.96. The lowest BCUT2D eigenvalue weighted by Crippen LogP contribution is -2.45. The number of carbonyl (C=O) groups is 1. The van der Waals surface area contributed by atoms with E-state index < -0.39 is 0 Å². The molecule has 0 bridgehead atoms. The molecular weight excluding hydrogens is 264 g/mol. The van der Waals surface area contributed by atoms with Crippen LogP contribution in [0.4, 0.5) is 0 Å². The van der Waals surface area contributed by atoms with Gasteiger partial charge in [-0.1, -0.05) is 17.7 Å². The maximum absolute atomic E-state index is 12.0. The van der Waals surface area contributed by atoms with Gasteiger partial charge in [0.2, 0.25) is 0 Å². The first-order valence-electron chi connectivity index (χ1n) is 6.52. The van der Waals surface area contributed by atoms with Crippen LogP contribution in [0, 0.1) is 0 Å². The van der Waals surface area contributed by atoms with Crippen LogP contribution in [-0.2, 0) is 4.79 Å². The van der Waals surface area contributed by atoms with Gasteiger partial charge < -0.3 is 15.0 Å². The van der Waals surface area contributed by atoms with E-state index in [1.807, 2.05) is 11.9 Å². The smallest absolute Gasteiger partial charge is 0.260 e. The summed E-state index contributed by atoms with van der Waals surface area (Å²) in [5.74, 6) is 0.667. The Balaban J connectivity index is 1.79. The molecule has 0 saturated carbocycles. The van der Waals surface area contributed by atoms with Crippen LogP contribution in [0.15, 0.2) is 24.3 Å². The Labute approximate surface area is 118 Å². The third-order valence-electron chi connectivity index (χ3n) is 3.41. The largest absolute Gasteiger partial charge is 0.484 e. The molecule has 1 aromatic rings. The van der Waals surface area contributed by atoms with E-state index in [4.69, 9.17) is 16.3 Å². The number of nitrogens with one attached hydrogen (secondary N) is 1. The quantitative estimate of drug-likeness (QED) is 0.917. The zero-order valence-corrected chi connectivity index (χ0v) is 11.8. The number of likely N-dealkylation sites (tertiary alicyclic amines) is 1. The number of benzene rings is 1. The Morgan fingerprint density at radius 3 is 2.84 bits per heavy atom. The molecule has 0 spiro atoms. The van der Waals surface area contributed by atoms with Gasteiger partial charge >= 0.3 is 0 Å². The van der Waals surface area contributed by atoms with Gasteiger partial charge in [-0.3, -0.25) is 4.79 Å². The number of amides is 1. The molecule has 104 valence electrons. The Morgan fingerprint density at radius 2 is 2.21 bits per heavy atom. The van der Waals surface area contributed by atoms with Gasteiger partial charge in [0.1, 0.15) is 5.75 Å². The minimum Gasteiger partial charge on any atom is -0.484 e. The normalized spacial score (nSPS) is 16.4. The highest BCUT2D eigenvalue weighted by molar-refractivity contribution is 6.30. The van der Waals surface area contributed by atoms with Gasteiger partial charge in [0.25, 0.3) is 5.91 Å². The van der Waals surface area contributed by atoms with Crippen LogP contribution in [0.5, 0.6) is 5.75 Å². The second kappa shape index (κ2) is 6.78. The molecule has 4 nitrogen and oxygen atoms in total. The second-order valence-corrected chi connectivity index (χ2v) is 5.13. The van der Waals surface area contributed by atoms with E-state index in [-0.39, 0.29) is 12.5 Å². The SMILES string of the molecule is CNC1CCN(C(=O)COc2cccc(Cl)c2)CC1. The number of carbonyl (C=O) groups excluding carboxylic acids is 1. The number of ether oxygens (including phenoxy) is 1. The molecule has 0 atom stereocenters. The minimum atomic E-state index is 0.0366. The number of rotatable bonds is 4. The highest BCUT2D eigenvalue weighted by atomic mass is 35.5. The lowest BCUT2D eigenvalue weighted by molar-refractivity contribution is -0.134. The molecule has 1 heterocycles. The van der Waals surface area contributed by atoms with Crippen LogP contribution in [0.1, 0.15) is 12.8 Å². The van der Waals surface area contributed by atoms with Crippen molar-refractivity contribution < 1.29 is 9.53 Å². The van der Waals surface area contributed by atoms with E-state index in [2.05, 4.69) is 5.32 Å². The van der Waals surface area contributed by atoms with Crippen molar-refractivity contribution in [1.82, 2.24) is 10.2 Å². The lowest BCUT2D eigenvalue weighted by Gasteiger charge is -2.31. The van der Waals surface area contributed by atoms with Crippen molar-refractivity contribution in [2.45, 2.75) is 18.9 Å². The first-order chi connectivity index (χ1) is 9.19. The van der Waals surface area contributed by atoms with Crippen molar-refractivity contribution in [3.05, 3.63) is 29.3 Å². The monoisotopic (exact) mass is 282 g/mol. The fourth-order valence-electron chi connectivity index (χ4n) is 2.21. The van der Waals surface area contributed by atoms with Gasteiger partial charge in [0.05, 0.1) is 0 Å². The number of piperidine rings is 1. The van der Waals surface area contributed by atoms with Crippen molar-refractivity contribution in [3.63, 3.8) is 0 Å². The van der Waals surface area contributed by atoms with Crippen molar-refractivity contribution in [2.75, 3.05) is 26.7 Å². The number of nitrogens with zero attached hydrogens (tertiary/aromatic N) is 1. The fourth-order valence-corrected chi connectivity index (χ4v) is 2.39. The summed E-state index contributed by atoms with van der Waals surface area (Å²) in [6, 6.07) is 7.62. The highest BCUT2D eigenvalue weighted by Crippen LogP contribution is 2.17. The van der Waals surface area contributed by atoms with Gasteiger partial charge in [-0.15, -0.1) is 0 Å². The third kappa shape index (κ3) is 4.11. The standard InChI is InChI=1S/C14H19ClN2O2/c1-16-12-5-7-17(8-6-12)14(18)10-19-13-4-2-3-11(15)9-13/h2-4,9,12,16H,5-8,10H2,1H3. The topological polar surface area (TPSA) is 41.6 Å².